The quantitative estimate of drug-likeness (QED) is 0.773. The smallest absolute Gasteiger partial charge is 0.251 e. The number of carbonyl (C=O) groups excluding carboxylic acids is 2. The maximum absolute atomic E-state index is 12.2. The van der Waals surface area contributed by atoms with Crippen LogP contribution in [-0.2, 0) is 9.53 Å². The maximum Gasteiger partial charge on any atom is 0.251 e. The van der Waals surface area contributed by atoms with Crippen LogP contribution in [0.4, 0.5) is 5.69 Å². The number of carbonyl (C=O) groups is 2. The van der Waals surface area contributed by atoms with Crippen LogP contribution in [0.25, 0.3) is 0 Å². The zero-order chi connectivity index (χ0) is 15.5. The molecule has 0 bridgehead atoms. The third-order valence-corrected chi connectivity index (χ3v) is 3.93. The van der Waals surface area contributed by atoms with Crippen LogP contribution in [0, 0.1) is 0 Å². The molecule has 3 N–H and O–H groups in total. The van der Waals surface area contributed by atoms with Crippen LogP contribution in [0.2, 0.25) is 0 Å². The number of ether oxygens (including phenoxy) is 1. The van der Waals surface area contributed by atoms with Gasteiger partial charge in [-0.25, -0.2) is 0 Å². The largest absolute Gasteiger partial charge is 0.375 e. The summed E-state index contributed by atoms with van der Waals surface area (Å²) in [6.07, 6.45) is 1.97. The molecule has 1 aliphatic heterocycles. The van der Waals surface area contributed by atoms with Crippen molar-refractivity contribution < 1.29 is 14.3 Å². The van der Waals surface area contributed by atoms with Gasteiger partial charge in [0, 0.05) is 23.8 Å². The van der Waals surface area contributed by atoms with E-state index in [0.717, 1.165) is 12.8 Å². The highest BCUT2D eigenvalue weighted by Gasteiger charge is 2.28. The Kier molecular flexibility index (Phi) is 5.98. The van der Waals surface area contributed by atoms with Crippen molar-refractivity contribution in [2.45, 2.75) is 38.0 Å². The molecule has 7 heteroatoms. The number of anilines is 1. The van der Waals surface area contributed by atoms with Gasteiger partial charge in [0.05, 0.1) is 12.7 Å². The summed E-state index contributed by atoms with van der Waals surface area (Å²) in [7, 11) is 0. The number of rotatable bonds is 4. The van der Waals surface area contributed by atoms with Crippen molar-refractivity contribution in [2.75, 3.05) is 18.5 Å². The first kappa shape index (κ1) is 17.7. The van der Waals surface area contributed by atoms with Gasteiger partial charge >= 0.3 is 0 Å². The molecule has 0 unspecified atom stereocenters. The Hall–Kier alpha value is -1.63. The summed E-state index contributed by atoms with van der Waals surface area (Å²) in [5.41, 5.74) is 1.28. The van der Waals surface area contributed by atoms with Crippen molar-refractivity contribution in [3.05, 3.63) is 29.8 Å². The van der Waals surface area contributed by atoms with Gasteiger partial charge in [0.25, 0.3) is 5.91 Å². The van der Waals surface area contributed by atoms with E-state index in [1.54, 1.807) is 24.3 Å². The van der Waals surface area contributed by atoms with Crippen LogP contribution >= 0.6 is 12.4 Å². The predicted molar refractivity (Wildman–Crippen MR) is 90.0 cm³/mol. The average molecular weight is 340 g/mol. The van der Waals surface area contributed by atoms with E-state index in [1.165, 1.54) is 0 Å². The van der Waals surface area contributed by atoms with Gasteiger partial charge in [-0.05, 0) is 44.0 Å². The molecular formula is C16H22ClN3O3. The van der Waals surface area contributed by atoms with E-state index in [9.17, 15) is 9.59 Å². The molecule has 1 aromatic carbocycles. The zero-order valence-electron chi connectivity index (χ0n) is 13.0. The summed E-state index contributed by atoms with van der Waals surface area (Å²) in [5, 5.41) is 8.93. The summed E-state index contributed by atoms with van der Waals surface area (Å²) >= 11 is 0. The minimum absolute atomic E-state index is 0. The lowest BCUT2D eigenvalue weighted by Crippen LogP contribution is -2.53. The molecule has 2 atom stereocenters. The third-order valence-electron chi connectivity index (χ3n) is 3.93. The monoisotopic (exact) mass is 339 g/mol. The summed E-state index contributed by atoms with van der Waals surface area (Å²) in [6.45, 7) is 3.17. The number of morpholine rings is 1. The molecule has 2 amide bonds. The SMILES string of the molecule is C[C@H]1OCCN[C@@H]1C(=O)Nc1ccc(C(=O)NC2CC2)cc1.Cl. The fourth-order valence-electron chi connectivity index (χ4n) is 2.45. The summed E-state index contributed by atoms with van der Waals surface area (Å²) in [4.78, 5) is 24.1. The van der Waals surface area contributed by atoms with Crippen LogP contribution in [0.15, 0.2) is 24.3 Å². The minimum atomic E-state index is -0.355. The van der Waals surface area contributed by atoms with E-state index >= 15 is 0 Å². The van der Waals surface area contributed by atoms with E-state index < -0.39 is 0 Å². The van der Waals surface area contributed by atoms with Gasteiger partial charge in [-0.2, -0.15) is 0 Å². The van der Waals surface area contributed by atoms with Gasteiger partial charge < -0.3 is 20.7 Å². The van der Waals surface area contributed by atoms with Crippen LogP contribution in [0.1, 0.15) is 30.1 Å². The molecule has 0 spiro atoms. The number of amides is 2. The molecule has 6 nitrogen and oxygen atoms in total. The van der Waals surface area contributed by atoms with E-state index in [2.05, 4.69) is 16.0 Å². The molecule has 126 valence electrons. The topological polar surface area (TPSA) is 79.5 Å². The molecule has 23 heavy (non-hydrogen) atoms. The number of halogens is 1. The number of benzene rings is 1. The molecule has 1 aromatic rings. The molecule has 1 aliphatic carbocycles. The van der Waals surface area contributed by atoms with Crippen molar-refractivity contribution in [1.82, 2.24) is 10.6 Å². The van der Waals surface area contributed by atoms with E-state index in [1.807, 2.05) is 6.92 Å². The highest BCUT2D eigenvalue weighted by atomic mass is 35.5. The van der Waals surface area contributed by atoms with Gasteiger partial charge in [0.15, 0.2) is 0 Å². The van der Waals surface area contributed by atoms with Crippen molar-refractivity contribution in [3.8, 4) is 0 Å². The van der Waals surface area contributed by atoms with Gasteiger partial charge in [-0.3, -0.25) is 9.59 Å². The number of hydrogen-bond donors (Lipinski definition) is 3. The molecule has 2 aliphatic rings. The van der Waals surface area contributed by atoms with E-state index in [4.69, 9.17) is 4.74 Å². The lowest BCUT2D eigenvalue weighted by Gasteiger charge is -2.29. The van der Waals surface area contributed by atoms with Crippen molar-refractivity contribution >= 4 is 29.9 Å². The van der Waals surface area contributed by atoms with Gasteiger partial charge in [0.2, 0.25) is 5.91 Å². The average Bonchev–Trinajstić information content (AvgIpc) is 3.32. The fourth-order valence-corrected chi connectivity index (χ4v) is 2.45. The zero-order valence-corrected chi connectivity index (χ0v) is 13.8. The first-order valence-electron chi connectivity index (χ1n) is 7.70. The molecule has 2 fully saturated rings. The third kappa shape index (κ3) is 4.67. The normalized spacial score (nSPS) is 23.5. The van der Waals surface area contributed by atoms with E-state index in [-0.39, 0.29) is 36.4 Å². The van der Waals surface area contributed by atoms with Gasteiger partial charge in [-0.15, -0.1) is 12.4 Å². The molecule has 1 saturated carbocycles. The van der Waals surface area contributed by atoms with Gasteiger partial charge in [0.1, 0.15) is 6.04 Å². The predicted octanol–water partition coefficient (Wildman–Crippen LogP) is 1.32. The van der Waals surface area contributed by atoms with Crippen LogP contribution in [0.5, 0.6) is 0 Å². The maximum atomic E-state index is 12.2. The van der Waals surface area contributed by atoms with E-state index in [0.29, 0.717) is 30.4 Å². The van der Waals surface area contributed by atoms with Crippen LogP contribution < -0.4 is 16.0 Å². The summed E-state index contributed by atoms with van der Waals surface area (Å²) in [5.74, 6) is -0.182. The molecular weight excluding hydrogens is 318 g/mol. The second kappa shape index (κ2) is 7.77. The molecule has 3 rings (SSSR count). The highest BCUT2D eigenvalue weighted by Crippen LogP contribution is 2.19. The number of hydrogen-bond acceptors (Lipinski definition) is 4. The standard InChI is InChI=1S/C16H21N3O3.ClH/c1-10-14(17-8-9-22-10)16(21)19-12-4-2-11(3-5-12)15(20)18-13-6-7-13;/h2-5,10,13-14,17H,6-9H2,1H3,(H,18,20)(H,19,21);1H/t10-,14+;/m1./s1. The Morgan fingerprint density at radius 3 is 2.52 bits per heavy atom. The Labute approximate surface area is 141 Å². The van der Waals surface area contributed by atoms with Crippen molar-refractivity contribution in [1.29, 1.82) is 0 Å². The minimum Gasteiger partial charge on any atom is -0.375 e. The highest BCUT2D eigenvalue weighted by molar-refractivity contribution is 5.97. The van der Waals surface area contributed by atoms with Crippen molar-refractivity contribution in [2.24, 2.45) is 0 Å². The van der Waals surface area contributed by atoms with Crippen LogP contribution in [-0.4, -0.2) is 43.2 Å². The van der Waals surface area contributed by atoms with Crippen LogP contribution in [0.3, 0.4) is 0 Å². The Balaban J connectivity index is 0.00000192. The summed E-state index contributed by atoms with van der Waals surface area (Å²) in [6, 6.07) is 6.92. The Morgan fingerprint density at radius 2 is 1.91 bits per heavy atom. The second-order valence-electron chi connectivity index (χ2n) is 5.82. The lowest BCUT2D eigenvalue weighted by molar-refractivity contribution is -0.123. The molecule has 1 heterocycles. The first-order valence-corrected chi connectivity index (χ1v) is 7.70. The van der Waals surface area contributed by atoms with Crippen molar-refractivity contribution in [3.63, 3.8) is 0 Å². The Bertz CT molecular complexity index is 560. The molecule has 0 radical (unpaired) electrons. The molecule has 1 saturated heterocycles. The van der Waals surface area contributed by atoms with Gasteiger partial charge in [-0.1, -0.05) is 0 Å². The summed E-state index contributed by atoms with van der Waals surface area (Å²) < 4.78 is 5.47. The fraction of sp³-hybridized carbons (Fsp3) is 0.500. The second-order valence-corrected chi connectivity index (χ2v) is 5.82. The lowest BCUT2D eigenvalue weighted by atomic mass is 10.1. The number of nitrogens with one attached hydrogen (secondary N) is 3. The first-order chi connectivity index (χ1) is 10.6. The Morgan fingerprint density at radius 1 is 1.22 bits per heavy atom. The molecule has 0 aromatic heterocycles.